The zero-order valence-corrected chi connectivity index (χ0v) is 19.5. The highest BCUT2D eigenvalue weighted by Gasteiger charge is 2.16. The first-order valence-electron chi connectivity index (χ1n) is 10.7. The molecule has 1 amide bonds. The Bertz CT molecular complexity index is 1020. The average molecular weight is 457 g/mol. The molecule has 6 nitrogen and oxygen atoms in total. The van der Waals surface area contributed by atoms with Crippen LogP contribution in [0.3, 0.4) is 0 Å². The fraction of sp³-hybridized carbons (Fsp3) is 0.375. The van der Waals surface area contributed by atoms with Crippen LogP contribution in [0.2, 0.25) is 0 Å². The molecule has 0 spiro atoms. The van der Waals surface area contributed by atoms with Gasteiger partial charge in [-0.1, -0.05) is 62.9 Å². The molecule has 0 unspecified atom stereocenters. The highest BCUT2D eigenvalue weighted by molar-refractivity contribution is 7.99. The molecule has 0 fully saturated rings. The number of halogens is 1. The maximum absolute atomic E-state index is 13.7. The monoisotopic (exact) mass is 456 g/mol. The molecule has 0 aliphatic carbocycles. The Morgan fingerprint density at radius 1 is 1.16 bits per heavy atom. The van der Waals surface area contributed by atoms with Gasteiger partial charge >= 0.3 is 0 Å². The summed E-state index contributed by atoms with van der Waals surface area (Å²) in [4.78, 5) is 12.3. The second kappa shape index (κ2) is 11.7. The molecule has 0 atom stereocenters. The molecule has 1 aromatic heterocycles. The van der Waals surface area contributed by atoms with Crippen LogP contribution in [0.15, 0.2) is 53.7 Å². The van der Waals surface area contributed by atoms with Crippen LogP contribution < -0.4 is 10.1 Å². The minimum absolute atomic E-state index is 0.153. The van der Waals surface area contributed by atoms with E-state index in [4.69, 9.17) is 4.74 Å². The molecular formula is C24H29FN4O2S. The van der Waals surface area contributed by atoms with Gasteiger partial charge in [0.25, 0.3) is 0 Å². The van der Waals surface area contributed by atoms with Crippen LogP contribution in [0.5, 0.6) is 5.75 Å². The largest absolute Gasteiger partial charge is 0.486 e. The Kier molecular flexibility index (Phi) is 8.67. The van der Waals surface area contributed by atoms with Gasteiger partial charge in [-0.2, -0.15) is 0 Å². The zero-order chi connectivity index (χ0) is 22.9. The van der Waals surface area contributed by atoms with Crippen LogP contribution in [-0.4, -0.2) is 26.4 Å². The van der Waals surface area contributed by atoms with Crippen LogP contribution in [0.4, 0.5) is 4.39 Å². The van der Waals surface area contributed by atoms with E-state index in [2.05, 4.69) is 48.4 Å². The standard InChI is InChI=1S/C24H29FN4O2S/c1-4-18-9-11-20(12-10-18)31-15-22-27-28-24(29(22)14-17(2)3)32-16-23(30)26-13-19-7-5-6-8-21(19)25/h5-12,17H,4,13-16H2,1-3H3,(H,26,30). The molecule has 0 saturated heterocycles. The number of benzene rings is 2. The van der Waals surface area contributed by atoms with Crippen LogP contribution in [0, 0.1) is 11.7 Å². The first-order chi connectivity index (χ1) is 15.5. The second-order valence-electron chi connectivity index (χ2n) is 7.85. The highest BCUT2D eigenvalue weighted by Crippen LogP contribution is 2.20. The number of carbonyl (C=O) groups is 1. The van der Waals surface area contributed by atoms with Crippen molar-refractivity contribution in [3.8, 4) is 5.75 Å². The smallest absolute Gasteiger partial charge is 0.230 e. The molecule has 32 heavy (non-hydrogen) atoms. The van der Waals surface area contributed by atoms with Crippen molar-refractivity contribution in [2.75, 3.05) is 5.75 Å². The first-order valence-corrected chi connectivity index (χ1v) is 11.7. The molecule has 2 aromatic carbocycles. The molecule has 3 rings (SSSR count). The van der Waals surface area contributed by atoms with Crippen molar-refractivity contribution in [1.82, 2.24) is 20.1 Å². The third-order valence-corrected chi connectivity index (χ3v) is 5.77. The molecule has 1 heterocycles. The van der Waals surface area contributed by atoms with Crippen molar-refractivity contribution in [2.45, 2.75) is 52.0 Å². The first kappa shape index (κ1) is 23.8. The van der Waals surface area contributed by atoms with Crippen LogP contribution in [0.25, 0.3) is 0 Å². The number of nitrogens with one attached hydrogen (secondary N) is 1. The third-order valence-electron chi connectivity index (χ3n) is 4.81. The number of hydrogen-bond acceptors (Lipinski definition) is 5. The summed E-state index contributed by atoms with van der Waals surface area (Å²) in [6, 6.07) is 14.4. The van der Waals surface area contributed by atoms with Gasteiger partial charge in [-0.25, -0.2) is 4.39 Å². The maximum Gasteiger partial charge on any atom is 0.230 e. The highest BCUT2D eigenvalue weighted by atomic mass is 32.2. The number of hydrogen-bond donors (Lipinski definition) is 1. The number of nitrogens with zero attached hydrogens (tertiary/aromatic N) is 3. The fourth-order valence-electron chi connectivity index (χ4n) is 3.07. The number of ether oxygens (including phenoxy) is 1. The summed E-state index contributed by atoms with van der Waals surface area (Å²) >= 11 is 1.31. The van der Waals surface area contributed by atoms with Crippen molar-refractivity contribution < 1.29 is 13.9 Å². The Hall–Kier alpha value is -2.87. The normalized spacial score (nSPS) is 11.0. The SMILES string of the molecule is CCc1ccc(OCc2nnc(SCC(=O)NCc3ccccc3F)n2CC(C)C)cc1. The number of rotatable bonds is 11. The van der Waals surface area contributed by atoms with Gasteiger partial charge < -0.3 is 14.6 Å². The Balaban J connectivity index is 1.58. The molecule has 0 aliphatic heterocycles. The van der Waals surface area contributed by atoms with E-state index in [0.717, 1.165) is 18.7 Å². The van der Waals surface area contributed by atoms with Crippen molar-refractivity contribution in [3.63, 3.8) is 0 Å². The molecule has 170 valence electrons. The van der Waals surface area contributed by atoms with Crippen molar-refractivity contribution in [2.24, 2.45) is 5.92 Å². The number of amides is 1. The maximum atomic E-state index is 13.7. The molecule has 0 bridgehead atoms. The van der Waals surface area contributed by atoms with Gasteiger partial charge in [0.1, 0.15) is 18.2 Å². The summed E-state index contributed by atoms with van der Waals surface area (Å²) < 4.78 is 21.6. The molecule has 0 saturated carbocycles. The lowest BCUT2D eigenvalue weighted by atomic mass is 10.2. The predicted octanol–water partition coefficient (Wildman–Crippen LogP) is 4.62. The van der Waals surface area contributed by atoms with E-state index in [1.165, 1.54) is 23.4 Å². The molecular weight excluding hydrogens is 427 g/mol. The van der Waals surface area contributed by atoms with E-state index < -0.39 is 0 Å². The van der Waals surface area contributed by atoms with Crippen molar-refractivity contribution >= 4 is 17.7 Å². The summed E-state index contributed by atoms with van der Waals surface area (Å²) in [7, 11) is 0. The van der Waals surface area contributed by atoms with E-state index >= 15 is 0 Å². The Morgan fingerprint density at radius 3 is 2.59 bits per heavy atom. The van der Waals surface area contributed by atoms with Gasteiger partial charge in [-0.15, -0.1) is 10.2 Å². The van der Waals surface area contributed by atoms with Gasteiger partial charge in [0.2, 0.25) is 5.91 Å². The number of aromatic nitrogens is 3. The minimum Gasteiger partial charge on any atom is -0.486 e. The summed E-state index contributed by atoms with van der Waals surface area (Å²) in [5, 5.41) is 12.0. The third kappa shape index (κ3) is 6.82. The molecule has 3 aromatic rings. The average Bonchev–Trinajstić information content (AvgIpc) is 3.16. The number of aryl methyl sites for hydroxylation is 1. The lowest BCUT2D eigenvalue weighted by Crippen LogP contribution is -2.25. The summed E-state index contributed by atoms with van der Waals surface area (Å²) in [5.41, 5.74) is 1.72. The lowest BCUT2D eigenvalue weighted by Gasteiger charge is -2.13. The van der Waals surface area contributed by atoms with Crippen LogP contribution >= 0.6 is 11.8 Å². The Morgan fingerprint density at radius 2 is 1.91 bits per heavy atom. The van der Waals surface area contributed by atoms with E-state index in [-0.39, 0.29) is 24.0 Å². The number of thioether (sulfide) groups is 1. The lowest BCUT2D eigenvalue weighted by molar-refractivity contribution is -0.118. The van der Waals surface area contributed by atoms with Gasteiger partial charge in [-0.3, -0.25) is 4.79 Å². The molecule has 8 heteroatoms. The fourth-order valence-corrected chi connectivity index (χ4v) is 3.86. The van der Waals surface area contributed by atoms with E-state index in [9.17, 15) is 9.18 Å². The van der Waals surface area contributed by atoms with Gasteiger partial charge in [-0.05, 0) is 36.1 Å². The second-order valence-corrected chi connectivity index (χ2v) is 8.79. The minimum atomic E-state index is -0.328. The molecule has 0 aliphatic rings. The van der Waals surface area contributed by atoms with Crippen LogP contribution in [-0.2, 0) is 30.9 Å². The van der Waals surface area contributed by atoms with Gasteiger partial charge in [0.05, 0.1) is 5.75 Å². The van der Waals surface area contributed by atoms with E-state index in [1.807, 2.05) is 16.7 Å². The summed E-state index contributed by atoms with van der Waals surface area (Å²) in [5.74, 6) is 1.53. The topological polar surface area (TPSA) is 69.0 Å². The molecule has 0 radical (unpaired) electrons. The summed E-state index contributed by atoms with van der Waals surface area (Å²) in [6.07, 6.45) is 0.984. The molecule has 1 N–H and O–H groups in total. The van der Waals surface area contributed by atoms with Gasteiger partial charge in [0, 0.05) is 18.7 Å². The van der Waals surface area contributed by atoms with Gasteiger partial charge in [0.15, 0.2) is 11.0 Å². The zero-order valence-electron chi connectivity index (χ0n) is 18.7. The quantitative estimate of drug-likeness (QED) is 0.426. The van der Waals surface area contributed by atoms with Crippen molar-refractivity contribution in [1.29, 1.82) is 0 Å². The van der Waals surface area contributed by atoms with Crippen LogP contribution in [0.1, 0.15) is 37.7 Å². The number of carbonyl (C=O) groups excluding carboxylic acids is 1. The van der Waals surface area contributed by atoms with E-state index in [0.29, 0.717) is 29.1 Å². The van der Waals surface area contributed by atoms with Crippen molar-refractivity contribution in [3.05, 3.63) is 71.3 Å². The van der Waals surface area contributed by atoms with E-state index in [1.54, 1.807) is 18.2 Å². The Labute approximate surface area is 192 Å². The summed E-state index contributed by atoms with van der Waals surface area (Å²) in [6.45, 7) is 7.52. The predicted molar refractivity (Wildman–Crippen MR) is 124 cm³/mol.